The van der Waals surface area contributed by atoms with E-state index in [1.54, 1.807) is 6.33 Å². The number of aryl methyl sites for hydroxylation is 1. The Labute approximate surface area is 103 Å². The van der Waals surface area contributed by atoms with Gasteiger partial charge in [-0.3, -0.25) is 4.68 Å². The molecular formula is C13H23N3O. The molecule has 2 rings (SSSR count). The fourth-order valence-electron chi connectivity index (χ4n) is 2.76. The lowest BCUT2D eigenvalue weighted by Gasteiger charge is -2.37. The van der Waals surface area contributed by atoms with Crippen LogP contribution in [0.3, 0.4) is 0 Å². The van der Waals surface area contributed by atoms with Crippen molar-refractivity contribution in [3.05, 3.63) is 12.2 Å². The molecule has 1 heterocycles. The predicted molar refractivity (Wildman–Crippen MR) is 66.6 cm³/mol. The Morgan fingerprint density at radius 1 is 1.53 bits per heavy atom. The normalized spacial score (nSPS) is 29.5. The zero-order chi connectivity index (χ0) is 12.3. The molecule has 0 saturated heterocycles. The van der Waals surface area contributed by atoms with E-state index in [1.165, 1.54) is 6.42 Å². The topological polar surface area (TPSA) is 50.9 Å². The van der Waals surface area contributed by atoms with Gasteiger partial charge in [0.15, 0.2) is 0 Å². The van der Waals surface area contributed by atoms with Crippen molar-refractivity contribution in [2.24, 2.45) is 5.92 Å². The molecule has 1 aromatic heterocycles. The Morgan fingerprint density at radius 2 is 2.35 bits per heavy atom. The van der Waals surface area contributed by atoms with Crippen molar-refractivity contribution in [2.45, 2.75) is 64.5 Å². The fourth-order valence-corrected chi connectivity index (χ4v) is 2.76. The van der Waals surface area contributed by atoms with Crippen LogP contribution in [0.25, 0.3) is 0 Å². The van der Waals surface area contributed by atoms with Gasteiger partial charge in [-0.25, -0.2) is 4.98 Å². The first-order valence-corrected chi connectivity index (χ1v) is 6.75. The maximum Gasteiger partial charge on any atom is 0.138 e. The standard InChI is InChI=1S/C13H23N3O/c1-3-8-16-12(14-10-15-16)9-13(17)7-5-4-6-11(13)2/h10-11,17H,3-9H2,1-2H3. The summed E-state index contributed by atoms with van der Waals surface area (Å²) in [6.07, 6.45) is 7.68. The number of nitrogens with zero attached hydrogens (tertiary/aromatic N) is 3. The van der Waals surface area contributed by atoms with Crippen molar-refractivity contribution >= 4 is 0 Å². The van der Waals surface area contributed by atoms with Crippen molar-refractivity contribution < 1.29 is 5.11 Å². The minimum atomic E-state index is -0.573. The third-order valence-electron chi connectivity index (χ3n) is 4.01. The van der Waals surface area contributed by atoms with Crippen molar-refractivity contribution in [2.75, 3.05) is 0 Å². The summed E-state index contributed by atoms with van der Waals surface area (Å²) in [5.74, 6) is 1.30. The van der Waals surface area contributed by atoms with E-state index in [9.17, 15) is 5.11 Å². The molecule has 1 aliphatic carbocycles. The van der Waals surface area contributed by atoms with E-state index in [1.807, 2.05) is 4.68 Å². The highest BCUT2D eigenvalue weighted by Gasteiger charge is 2.37. The van der Waals surface area contributed by atoms with Crippen LogP contribution >= 0.6 is 0 Å². The molecule has 1 saturated carbocycles. The molecule has 96 valence electrons. The van der Waals surface area contributed by atoms with Gasteiger partial charge in [-0.2, -0.15) is 5.10 Å². The molecule has 4 heteroatoms. The van der Waals surface area contributed by atoms with Crippen LogP contribution in [0, 0.1) is 5.92 Å². The molecule has 0 amide bonds. The van der Waals surface area contributed by atoms with Crippen LogP contribution in [-0.4, -0.2) is 25.5 Å². The average molecular weight is 237 g/mol. The highest BCUT2D eigenvalue weighted by atomic mass is 16.3. The maximum atomic E-state index is 10.7. The van der Waals surface area contributed by atoms with Crippen LogP contribution in [0.5, 0.6) is 0 Å². The highest BCUT2D eigenvalue weighted by molar-refractivity contribution is 4.98. The van der Waals surface area contributed by atoms with Crippen molar-refractivity contribution in [3.8, 4) is 0 Å². The monoisotopic (exact) mass is 237 g/mol. The third-order valence-corrected chi connectivity index (χ3v) is 4.01. The molecule has 0 aliphatic heterocycles. The van der Waals surface area contributed by atoms with Gasteiger partial charge in [0.2, 0.25) is 0 Å². The summed E-state index contributed by atoms with van der Waals surface area (Å²) in [5.41, 5.74) is -0.573. The first-order chi connectivity index (χ1) is 8.15. The second kappa shape index (κ2) is 5.17. The van der Waals surface area contributed by atoms with Crippen molar-refractivity contribution in [1.29, 1.82) is 0 Å². The van der Waals surface area contributed by atoms with Gasteiger partial charge in [0.1, 0.15) is 12.2 Å². The second-order valence-corrected chi connectivity index (χ2v) is 5.33. The number of rotatable bonds is 4. The molecule has 4 nitrogen and oxygen atoms in total. The third kappa shape index (κ3) is 2.68. The summed E-state index contributed by atoms with van der Waals surface area (Å²) in [4.78, 5) is 4.30. The molecule has 0 radical (unpaired) electrons. The molecule has 0 bridgehead atoms. The van der Waals surface area contributed by atoms with E-state index in [2.05, 4.69) is 23.9 Å². The van der Waals surface area contributed by atoms with Crippen LogP contribution in [0.1, 0.15) is 51.8 Å². The van der Waals surface area contributed by atoms with Gasteiger partial charge in [-0.1, -0.05) is 26.7 Å². The van der Waals surface area contributed by atoms with E-state index >= 15 is 0 Å². The fraction of sp³-hybridized carbons (Fsp3) is 0.846. The zero-order valence-corrected chi connectivity index (χ0v) is 10.9. The van der Waals surface area contributed by atoms with Crippen LogP contribution in [0.2, 0.25) is 0 Å². The second-order valence-electron chi connectivity index (χ2n) is 5.33. The lowest BCUT2D eigenvalue weighted by atomic mass is 9.74. The van der Waals surface area contributed by atoms with Gasteiger partial charge < -0.3 is 5.11 Å². The van der Waals surface area contributed by atoms with Gasteiger partial charge >= 0.3 is 0 Å². The van der Waals surface area contributed by atoms with Gasteiger partial charge in [0, 0.05) is 13.0 Å². The Kier molecular flexibility index (Phi) is 3.82. The summed E-state index contributed by atoms with van der Waals surface area (Å²) in [7, 11) is 0. The average Bonchev–Trinajstić information content (AvgIpc) is 2.71. The molecule has 2 atom stereocenters. The number of hydrogen-bond acceptors (Lipinski definition) is 3. The minimum Gasteiger partial charge on any atom is -0.389 e. The predicted octanol–water partition coefficient (Wildman–Crippen LogP) is 2.17. The van der Waals surface area contributed by atoms with Crippen LogP contribution in [-0.2, 0) is 13.0 Å². The minimum absolute atomic E-state index is 0.364. The highest BCUT2D eigenvalue weighted by Crippen LogP contribution is 2.35. The Morgan fingerprint density at radius 3 is 3.06 bits per heavy atom. The molecule has 1 aliphatic rings. The van der Waals surface area contributed by atoms with E-state index in [0.717, 1.165) is 38.1 Å². The summed E-state index contributed by atoms with van der Waals surface area (Å²) in [5, 5.41) is 14.9. The van der Waals surface area contributed by atoms with Crippen LogP contribution in [0.15, 0.2) is 6.33 Å². The van der Waals surface area contributed by atoms with Crippen LogP contribution in [0.4, 0.5) is 0 Å². The zero-order valence-electron chi connectivity index (χ0n) is 10.9. The van der Waals surface area contributed by atoms with Crippen molar-refractivity contribution in [1.82, 2.24) is 14.8 Å². The number of aromatic nitrogens is 3. The summed E-state index contributed by atoms with van der Waals surface area (Å²) < 4.78 is 1.93. The molecule has 1 aromatic rings. The van der Waals surface area contributed by atoms with E-state index in [-0.39, 0.29) is 0 Å². The lowest BCUT2D eigenvalue weighted by molar-refractivity contribution is -0.0427. The smallest absolute Gasteiger partial charge is 0.138 e. The largest absolute Gasteiger partial charge is 0.389 e. The van der Waals surface area contributed by atoms with E-state index < -0.39 is 5.60 Å². The van der Waals surface area contributed by atoms with E-state index in [0.29, 0.717) is 12.3 Å². The lowest BCUT2D eigenvalue weighted by Crippen LogP contribution is -2.42. The Balaban J connectivity index is 2.10. The molecule has 17 heavy (non-hydrogen) atoms. The van der Waals surface area contributed by atoms with Gasteiger partial charge in [-0.15, -0.1) is 0 Å². The van der Waals surface area contributed by atoms with Gasteiger partial charge in [0.05, 0.1) is 5.60 Å². The molecule has 0 spiro atoms. The SMILES string of the molecule is CCCn1ncnc1CC1(O)CCCCC1C. The van der Waals surface area contributed by atoms with E-state index in [4.69, 9.17) is 0 Å². The summed E-state index contributed by atoms with van der Waals surface area (Å²) in [6.45, 7) is 5.17. The molecular weight excluding hydrogens is 214 g/mol. The molecule has 1 fully saturated rings. The first kappa shape index (κ1) is 12.6. The van der Waals surface area contributed by atoms with Crippen LogP contribution < -0.4 is 0 Å². The van der Waals surface area contributed by atoms with Gasteiger partial charge in [-0.05, 0) is 25.2 Å². The summed E-state index contributed by atoms with van der Waals surface area (Å²) in [6, 6.07) is 0. The molecule has 1 N–H and O–H groups in total. The molecule has 2 unspecified atom stereocenters. The quantitative estimate of drug-likeness (QED) is 0.873. The first-order valence-electron chi connectivity index (χ1n) is 6.75. The number of hydrogen-bond donors (Lipinski definition) is 1. The molecule has 0 aromatic carbocycles. The van der Waals surface area contributed by atoms with Crippen molar-refractivity contribution in [3.63, 3.8) is 0 Å². The Hall–Kier alpha value is -0.900. The summed E-state index contributed by atoms with van der Waals surface area (Å²) >= 11 is 0. The Bertz CT molecular complexity index is 363. The maximum absolute atomic E-state index is 10.7. The number of aliphatic hydroxyl groups is 1. The van der Waals surface area contributed by atoms with Gasteiger partial charge in [0.25, 0.3) is 0 Å².